The lowest BCUT2D eigenvalue weighted by atomic mass is 10.0. The Morgan fingerprint density at radius 3 is 2.46 bits per heavy atom. The number of benzene rings is 1. The second kappa shape index (κ2) is 13.4. The minimum atomic E-state index is -3.60. The number of sulfonamides is 1. The number of piperidine rings is 1. The van der Waals surface area contributed by atoms with Crippen LogP contribution in [0.1, 0.15) is 18.4 Å². The van der Waals surface area contributed by atoms with Crippen molar-refractivity contribution in [1.82, 2.24) is 29.7 Å². The van der Waals surface area contributed by atoms with E-state index in [1.807, 2.05) is 13.0 Å². The highest BCUT2D eigenvalue weighted by atomic mass is 35.5. The normalized spacial score (nSPS) is 16.8. The van der Waals surface area contributed by atoms with Crippen LogP contribution in [-0.4, -0.2) is 104 Å². The summed E-state index contributed by atoms with van der Waals surface area (Å²) in [5.41, 5.74) is 3.04. The Balaban J connectivity index is 1.20. The maximum absolute atomic E-state index is 12.2. The van der Waals surface area contributed by atoms with Gasteiger partial charge in [-0.25, -0.2) is 13.4 Å². The number of hydrogen-bond donors (Lipinski definition) is 3. The fraction of sp³-hybridized carbons (Fsp3) is 0.419. The Bertz CT molecular complexity index is 1830. The first-order valence-corrected chi connectivity index (χ1v) is 17.5. The number of fused-ring (bicyclic) bond motifs is 1. The van der Waals surface area contributed by atoms with E-state index in [9.17, 15) is 8.42 Å². The fourth-order valence-corrected chi connectivity index (χ4v) is 6.83. The average molecular weight is 667 g/mol. The average Bonchev–Trinajstić information content (AvgIpc) is 3.04. The number of pyridine rings is 2. The second-order valence-corrected chi connectivity index (χ2v) is 14.0. The van der Waals surface area contributed by atoms with Crippen LogP contribution in [0.2, 0.25) is 5.02 Å². The zero-order chi connectivity index (χ0) is 32.4. The molecule has 0 unspecified atom stereocenters. The second-order valence-electron chi connectivity index (χ2n) is 11.8. The molecule has 0 atom stereocenters. The van der Waals surface area contributed by atoms with Crippen LogP contribution in [0.25, 0.3) is 10.9 Å². The highest BCUT2D eigenvalue weighted by Crippen LogP contribution is 2.36. The van der Waals surface area contributed by atoms with E-state index in [4.69, 9.17) is 21.3 Å². The van der Waals surface area contributed by atoms with Gasteiger partial charge in [0.25, 0.3) is 0 Å². The first kappa shape index (κ1) is 32.0. The number of nitrogens with zero attached hydrogens (tertiary/aromatic N) is 7. The Hall–Kier alpha value is -3.98. The molecule has 6 rings (SSSR count). The molecule has 2 aliphatic heterocycles. The topological polar surface area (TPSA) is 141 Å². The summed E-state index contributed by atoms with van der Waals surface area (Å²) in [6.45, 7) is 8.45. The SMILES string of the molecule is COc1nc(N2CCC(N3CCN(C)CC3)CC2)c(C)cc1Nc1ncc(Cl)c(Nc2ccc3ncccc3c2NS(C)(=O)=O)n1. The Kier molecular flexibility index (Phi) is 9.32. The van der Waals surface area contributed by atoms with Gasteiger partial charge in [-0.05, 0) is 62.7 Å². The largest absolute Gasteiger partial charge is 0.479 e. The van der Waals surface area contributed by atoms with Gasteiger partial charge < -0.3 is 25.2 Å². The van der Waals surface area contributed by atoms with E-state index < -0.39 is 10.0 Å². The zero-order valence-electron chi connectivity index (χ0n) is 26.4. The number of piperazine rings is 1. The van der Waals surface area contributed by atoms with E-state index in [0.717, 1.165) is 69.7 Å². The van der Waals surface area contributed by atoms with Crippen LogP contribution in [0.15, 0.2) is 42.7 Å². The molecule has 13 nitrogen and oxygen atoms in total. The highest BCUT2D eigenvalue weighted by Gasteiger charge is 2.28. The van der Waals surface area contributed by atoms with E-state index >= 15 is 0 Å². The summed E-state index contributed by atoms with van der Waals surface area (Å²) >= 11 is 6.50. The maximum atomic E-state index is 12.2. The lowest BCUT2D eigenvalue weighted by Gasteiger charge is -2.42. The molecule has 4 aromatic rings. The van der Waals surface area contributed by atoms with E-state index in [0.29, 0.717) is 39.9 Å². The van der Waals surface area contributed by atoms with Gasteiger partial charge in [-0.3, -0.25) is 14.6 Å². The maximum Gasteiger partial charge on any atom is 0.239 e. The first-order valence-electron chi connectivity index (χ1n) is 15.2. The van der Waals surface area contributed by atoms with Crippen molar-refractivity contribution in [3.8, 4) is 5.88 Å². The lowest BCUT2D eigenvalue weighted by Crippen LogP contribution is -2.52. The number of aromatic nitrogens is 4. The third kappa shape index (κ3) is 7.20. The summed E-state index contributed by atoms with van der Waals surface area (Å²) < 4.78 is 32.8. The van der Waals surface area contributed by atoms with Crippen LogP contribution >= 0.6 is 11.6 Å². The summed E-state index contributed by atoms with van der Waals surface area (Å²) in [6.07, 6.45) is 6.43. The molecule has 244 valence electrons. The molecular formula is C31H39ClN10O3S. The van der Waals surface area contributed by atoms with Crippen molar-refractivity contribution in [2.24, 2.45) is 0 Å². The molecule has 3 aromatic heterocycles. The summed E-state index contributed by atoms with van der Waals surface area (Å²) in [5.74, 6) is 1.88. The van der Waals surface area contributed by atoms with Gasteiger partial charge in [0, 0.05) is 56.9 Å². The molecule has 0 aliphatic carbocycles. The number of likely N-dealkylation sites (N-methyl/N-ethyl adjacent to an activating group) is 1. The lowest BCUT2D eigenvalue weighted by molar-refractivity contribution is 0.0981. The van der Waals surface area contributed by atoms with Gasteiger partial charge in [0.1, 0.15) is 16.5 Å². The molecule has 3 N–H and O–H groups in total. The number of nitrogens with one attached hydrogen (secondary N) is 3. The van der Waals surface area contributed by atoms with Gasteiger partial charge in [0.2, 0.25) is 21.9 Å². The predicted octanol–water partition coefficient (Wildman–Crippen LogP) is 4.47. The van der Waals surface area contributed by atoms with Gasteiger partial charge in [-0.1, -0.05) is 11.6 Å². The monoisotopic (exact) mass is 666 g/mol. The first-order chi connectivity index (χ1) is 22.1. The van der Waals surface area contributed by atoms with Crippen molar-refractivity contribution >= 4 is 67.2 Å². The minimum Gasteiger partial charge on any atom is -0.479 e. The molecule has 2 fully saturated rings. The number of ether oxygens (including phenoxy) is 1. The molecule has 46 heavy (non-hydrogen) atoms. The molecular weight excluding hydrogens is 628 g/mol. The van der Waals surface area contributed by atoms with E-state index in [1.54, 1.807) is 37.6 Å². The fourth-order valence-electron chi connectivity index (χ4n) is 6.10. The molecule has 5 heterocycles. The van der Waals surface area contributed by atoms with Crippen molar-refractivity contribution in [2.45, 2.75) is 25.8 Å². The van der Waals surface area contributed by atoms with Gasteiger partial charge in [0.15, 0.2) is 5.82 Å². The molecule has 0 saturated carbocycles. The molecule has 0 amide bonds. The van der Waals surface area contributed by atoms with Crippen molar-refractivity contribution < 1.29 is 13.2 Å². The number of rotatable bonds is 9. The highest BCUT2D eigenvalue weighted by molar-refractivity contribution is 7.92. The molecule has 0 spiro atoms. The van der Waals surface area contributed by atoms with Crippen LogP contribution in [-0.2, 0) is 10.0 Å². The van der Waals surface area contributed by atoms with Crippen LogP contribution < -0.4 is 25.0 Å². The van der Waals surface area contributed by atoms with E-state index in [-0.39, 0.29) is 16.8 Å². The minimum absolute atomic E-state index is 0.249. The van der Waals surface area contributed by atoms with Gasteiger partial charge in [0.05, 0.1) is 36.5 Å². The van der Waals surface area contributed by atoms with Gasteiger partial charge in [-0.2, -0.15) is 9.97 Å². The van der Waals surface area contributed by atoms with E-state index in [1.165, 1.54) is 6.20 Å². The number of halogens is 1. The van der Waals surface area contributed by atoms with Crippen molar-refractivity contribution in [1.29, 1.82) is 0 Å². The van der Waals surface area contributed by atoms with Gasteiger partial charge >= 0.3 is 0 Å². The molecule has 2 aliphatic rings. The Labute approximate surface area is 274 Å². The molecule has 0 bridgehead atoms. The molecule has 1 aromatic carbocycles. The quantitative estimate of drug-likeness (QED) is 0.232. The molecule has 15 heteroatoms. The number of methoxy groups -OCH3 is 1. The van der Waals surface area contributed by atoms with Crippen LogP contribution in [0.3, 0.4) is 0 Å². The van der Waals surface area contributed by atoms with Crippen LogP contribution in [0.4, 0.5) is 34.6 Å². The standard InChI is InChI=1S/C31H39ClN10O3S/c1-20-18-26(30(45-3)38-29(20)42-12-9-21(10-13-42)41-16-14-40(2)15-17-41)36-31-34-19-23(32)28(37-31)35-25-8-7-24-22(6-5-11-33-24)27(25)39-46(4,43)44/h5-8,11,18-19,21,39H,9-10,12-17H2,1-4H3,(H2,34,35,36,37). The van der Waals surface area contributed by atoms with Gasteiger partial charge in [-0.15, -0.1) is 0 Å². The van der Waals surface area contributed by atoms with Crippen LogP contribution in [0, 0.1) is 6.92 Å². The van der Waals surface area contributed by atoms with E-state index in [2.05, 4.69) is 52.1 Å². The zero-order valence-corrected chi connectivity index (χ0v) is 28.0. The smallest absolute Gasteiger partial charge is 0.239 e. The summed E-state index contributed by atoms with van der Waals surface area (Å²) in [7, 11) is 0.181. The summed E-state index contributed by atoms with van der Waals surface area (Å²) in [6, 6.07) is 9.64. The molecule has 0 radical (unpaired) electrons. The van der Waals surface area contributed by atoms with Crippen molar-refractivity contribution in [3.05, 3.63) is 53.3 Å². The third-order valence-electron chi connectivity index (χ3n) is 8.48. The number of hydrogen-bond acceptors (Lipinski definition) is 12. The summed E-state index contributed by atoms with van der Waals surface area (Å²) in [4.78, 5) is 25.6. The number of aryl methyl sites for hydroxylation is 1. The predicted molar refractivity (Wildman–Crippen MR) is 184 cm³/mol. The Morgan fingerprint density at radius 2 is 1.74 bits per heavy atom. The van der Waals surface area contributed by atoms with Crippen molar-refractivity contribution in [2.75, 3.05) is 79.9 Å². The van der Waals surface area contributed by atoms with Crippen molar-refractivity contribution in [3.63, 3.8) is 0 Å². The molecule has 2 saturated heterocycles. The Morgan fingerprint density at radius 1 is 0.978 bits per heavy atom. The third-order valence-corrected chi connectivity index (χ3v) is 9.33. The summed E-state index contributed by atoms with van der Waals surface area (Å²) in [5, 5.41) is 7.26. The number of anilines is 6. The van der Waals surface area contributed by atoms with Crippen LogP contribution in [0.5, 0.6) is 5.88 Å².